The first-order valence-corrected chi connectivity index (χ1v) is 10.3. The molecule has 2 aliphatic heterocycles. The summed E-state index contributed by atoms with van der Waals surface area (Å²) in [6, 6.07) is 6.21. The highest BCUT2D eigenvalue weighted by Gasteiger charge is 2.31. The zero-order valence-corrected chi connectivity index (χ0v) is 17.5. The van der Waals surface area contributed by atoms with Gasteiger partial charge >= 0.3 is 0 Å². The minimum Gasteiger partial charge on any atom is -0.383 e. The van der Waals surface area contributed by atoms with Crippen LogP contribution in [-0.4, -0.2) is 45.4 Å². The highest BCUT2D eigenvalue weighted by molar-refractivity contribution is 6.13. The molecule has 4 heterocycles. The molecule has 0 radical (unpaired) electrons. The molecule has 0 bridgehead atoms. The average molecular weight is 439 g/mol. The van der Waals surface area contributed by atoms with E-state index in [0.29, 0.717) is 17.4 Å². The number of pyridine rings is 1. The molecule has 0 spiro atoms. The molecule has 11 heteroatoms. The van der Waals surface area contributed by atoms with Gasteiger partial charge in [-0.25, -0.2) is 24.3 Å². The number of nitrogens with two attached hydrogens (primary N) is 1. The maximum absolute atomic E-state index is 14.5. The second kappa shape index (κ2) is 8.17. The molecule has 0 unspecified atom stereocenters. The molecule has 166 valence electrons. The molecule has 1 saturated heterocycles. The predicted octanol–water partition coefficient (Wildman–Crippen LogP) is 2.09. The zero-order valence-electron chi connectivity index (χ0n) is 17.5. The molecule has 1 aromatic carbocycles. The number of nitrogens with zero attached hydrogens (tertiary/aromatic N) is 6. The minimum absolute atomic E-state index is 0.00191. The van der Waals surface area contributed by atoms with Crippen molar-refractivity contribution in [2.75, 3.05) is 24.3 Å². The van der Waals surface area contributed by atoms with Crippen molar-refractivity contribution in [1.82, 2.24) is 30.7 Å². The summed E-state index contributed by atoms with van der Waals surface area (Å²) >= 11 is 0. The first-order chi connectivity index (χ1) is 15.5. The smallest absolute Gasteiger partial charge is 0.184 e. The second-order valence-electron chi connectivity index (χ2n) is 7.84. The Morgan fingerprint density at radius 1 is 1.22 bits per heavy atom. The molecule has 9 nitrogen and oxygen atoms in total. The summed E-state index contributed by atoms with van der Waals surface area (Å²) in [4.78, 5) is 4.31. The van der Waals surface area contributed by atoms with Crippen molar-refractivity contribution in [3.05, 3.63) is 60.1 Å². The van der Waals surface area contributed by atoms with Gasteiger partial charge in [0.1, 0.15) is 11.5 Å². The molecule has 4 N–H and O–H groups in total. The summed E-state index contributed by atoms with van der Waals surface area (Å²) in [6.45, 7) is 1.83. The number of anilines is 2. The van der Waals surface area contributed by atoms with Gasteiger partial charge in [-0.3, -0.25) is 4.68 Å². The Balaban J connectivity index is 1.47. The van der Waals surface area contributed by atoms with E-state index in [4.69, 9.17) is 5.73 Å². The van der Waals surface area contributed by atoms with Crippen molar-refractivity contribution >= 4 is 17.3 Å². The van der Waals surface area contributed by atoms with Gasteiger partial charge in [0.25, 0.3) is 0 Å². The third-order valence-electron chi connectivity index (χ3n) is 5.66. The zero-order chi connectivity index (χ0) is 22.2. The largest absolute Gasteiger partial charge is 0.383 e. The Bertz CT molecular complexity index is 1170. The molecule has 32 heavy (non-hydrogen) atoms. The van der Waals surface area contributed by atoms with Crippen LogP contribution in [0.5, 0.6) is 0 Å². The normalized spacial score (nSPS) is 18.8. The number of nitrogens with one attached hydrogen (secondary N) is 2. The molecule has 5 rings (SSSR count). The van der Waals surface area contributed by atoms with Crippen LogP contribution in [0.4, 0.5) is 20.3 Å². The van der Waals surface area contributed by atoms with Crippen LogP contribution >= 0.6 is 0 Å². The molecule has 2 aliphatic rings. The number of hydrogen-bond donors (Lipinski definition) is 3. The van der Waals surface area contributed by atoms with E-state index in [2.05, 4.69) is 26.0 Å². The third kappa shape index (κ3) is 3.65. The number of aromatic nitrogens is 3. The Hall–Kier alpha value is -3.57. The monoisotopic (exact) mass is 439 g/mol. The number of hydrogen-bond acceptors (Lipinski definition) is 8. The van der Waals surface area contributed by atoms with Crippen LogP contribution in [0.3, 0.4) is 0 Å². The predicted molar refractivity (Wildman–Crippen MR) is 117 cm³/mol. The topological polar surface area (TPSA) is 99.6 Å². The van der Waals surface area contributed by atoms with Crippen molar-refractivity contribution in [3.63, 3.8) is 0 Å². The molecule has 0 saturated carbocycles. The number of rotatable bonds is 5. The average Bonchev–Trinajstić information content (AvgIpc) is 3.53. The van der Waals surface area contributed by atoms with Gasteiger partial charge < -0.3 is 11.1 Å². The van der Waals surface area contributed by atoms with Gasteiger partial charge in [-0.05, 0) is 37.6 Å². The van der Waals surface area contributed by atoms with Gasteiger partial charge in [0.05, 0.1) is 18.3 Å². The number of nitrogen functional groups attached to an aromatic ring is 1. The highest BCUT2D eigenvalue weighted by atomic mass is 19.2. The molecular weight excluding hydrogens is 416 g/mol. The lowest BCUT2D eigenvalue weighted by molar-refractivity contribution is 0.275. The number of hydrazone groups is 1. The van der Waals surface area contributed by atoms with Gasteiger partial charge in [-0.1, -0.05) is 6.07 Å². The van der Waals surface area contributed by atoms with Crippen LogP contribution < -0.4 is 21.6 Å². The van der Waals surface area contributed by atoms with Crippen molar-refractivity contribution in [3.8, 4) is 11.1 Å². The standard InChI is InChI=1S/C21H23F2N9/c1-30-29-28-21(32(30)18-6-2-5-17(22)19(18)23)16-8-13(9-26-20(16)24)14-10-27-31(11-14)12-15-4-3-7-25-15/h2,5-6,8-11,15,25,29H,3-4,7,12H2,1H3,(H2,24,26)/t15-/m0/s1. The SMILES string of the molecule is CN1NN=C(c2cc(-c3cnn(C[C@@H]4CCCN4)c3)cnc2N)N1c1cccc(F)c1F. The third-order valence-corrected chi connectivity index (χ3v) is 5.66. The minimum atomic E-state index is -0.986. The summed E-state index contributed by atoms with van der Waals surface area (Å²) in [5, 5.41) is 15.0. The number of halogens is 2. The lowest BCUT2D eigenvalue weighted by Crippen LogP contribution is -2.43. The molecule has 0 aliphatic carbocycles. The van der Waals surface area contributed by atoms with Crippen molar-refractivity contribution in [1.29, 1.82) is 0 Å². The van der Waals surface area contributed by atoms with Crippen LogP contribution in [0.1, 0.15) is 18.4 Å². The summed E-state index contributed by atoms with van der Waals surface area (Å²) in [7, 11) is 1.63. The number of amidine groups is 1. The molecular formula is C21H23F2N9. The van der Waals surface area contributed by atoms with E-state index in [-0.39, 0.29) is 11.5 Å². The Kier molecular flexibility index (Phi) is 5.19. The maximum Gasteiger partial charge on any atom is 0.184 e. The van der Waals surface area contributed by atoms with Gasteiger partial charge in [0.2, 0.25) is 0 Å². The summed E-state index contributed by atoms with van der Waals surface area (Å²) in [6.07, 6.45) is 7.71. The summed E-state index contributed by atoms with van der Waals surface area (Å²) in [5.41, 5.74) is 11.0. The van der Waals surface area contributed by atoms with E-state index in [9.17, 15) is 8.78 Å². The molecule has 1 atom stereocenters. The number of hydrazine groups is 2. The Morgan fingerprint density at radius 3 is 2.91 bits per heavy atom. The fourth-order valence-electron chi connectivity index (χ4n) is 4.02. The van der Waals surface area contributed by atoms with Crippen LogP contribution in [0.25, 0.3) is 11.1 Å². The lowest BCUT2D eigenvalue weighted by atomic mass is 10.1. The van der Waals surface area contributed by atoms with E-state index in [1.807, 2.05) is 16.9 Å². The van der Waals surface area contributed by atoms with Crippen LogP contribution in [0, 0.1) is 11.6 Å². The molecule has 2 aromatic heterocycles. The molecule has 3 aromatic rings. The fourth-order valence-corrected chi connectivity index (χ4v) is 4.02. The molecule has 1 fully saturated rings. The summed E-state index contributed by atoms with van der Waals surface area (Å²) < 4.78 is 30.3. The van der Waals surface area contributed by atoms with E-state index in [1.165, 1.54) is 28.7 Å². The van der Waals surface area contributed by atoms with Crippen molar-refractivity contribution in [2.24, 2.45) is 5.10 Å². The Labute approximate surface area is 183 Å². The fraction of sp³-hybridized carbons (Fsp3) is 0.286. The van der Waals surface area contributed by atoms with Crippen LogP contribution in [0.2, 0.25) is 0 Å². The number of benzene rings is 1. The second-order valence-corrected chi connectivity index (χ2v) is 7.84. The van der Waals surface area contributed by atoms with Gasteiger partial charge in [-0.15, -0.1) is 10.2 Å². The van der Waals surface area contributed by atoms with E-state index in [1.54, 1.807) is 19.4 Å². The summed E-state index contributed by atoms with van der Waals surface area (Å²) in [5.74, 6) is -1.42. The lowest BCUT2D eigenvalue weighted by Gasteiger charge is -2.26. The first-order valence-electron chi connectivity index (χ1n) is 10.3. The first kappa shape index (κ1) is 20.3. The van der Waals surface area contributed by atoms with Crippen molar-refractivity contribution in [2.45, 2.75) is 25.4 Å². The van der Waals surface area contributed by atoms with Crippen LogP contribution in [-0.2, 0) is 6.54 Å². The van der Waals surface area contributed by atoms with Crippen LogP contribution in [0.15, 0.2) is 48.0 Å². The van der Waals surface area contributed by atoms with E-state index >= 15 is 0 Å². The quantitative estimate of drug-likeness (QED) is 0.560. The van der Waals surface area contributed by atoms with E-state index < -0.39 is 11.6 Å². The van der Waals surface area contributed by atoms with Gasteiger partial charge in [-0.2, -0.15) is 5.10 Å². The van der Waals surface area contributed by atoms with Gasteiger partial charge in [0.15, 0.2) is 17.5 Å². The maximum atomic E-state index is 14.5. The molecule has 0 amide bonds. The van der Waals surface area contributed by atoms with Gasteiger partial charge in [0, 0.05) is 36.6 Å². The Morgan fingerprint density at radius 2 is 2.09 bits per heavy atom. The van der Waals surface area contributed by atoms with Crippen molar-refractivity contribution < 1.29 is 8.78 Å². The van der Waals surface area contributed by atoms with E-state index in [0.717, 1.165) is 36.7 Å². The highest BCUT2D eigenvalue weighted by Crippen LogP contribution is 2.29.